The smallest absolute Gasteiger partial charge is 0.223 e. The largest absolute Gasteiger partial charge is 0.504 e. The molecule has 7 nitrogen and oxygen atoms in total. The van der Waals surface area contributed by atoms with Crippen molar-refractivity contribution < 1.29 is 34.0 Å². The van der Waals surface area contributed by atoms with Crippen molar-refractivity contribution in [3.63, 3.8) is 0 Å². The first-order chi connectivity index (χ1) is 18.9. The number of carbonyl (C=O) groups is 1. The summed E-state index contributed by atoms with van der Waals surface area (Å²) in [4.78, 5) is 12.0. The number of rotatable bonds is 4. The van der Waals surface area contributed by atoms with Crippen LogP contribution in [-0.2, 0) is 16.0 Å². The number of carbonyl (C=O) groups excluding carboxylic acids is 1. The van der Waals surface area contributed by atoms with E-state index in [1.54, 1.807) is 12.1 Å². The number of allylic oxidation sites excluding steroid dienone is 3. The molecular weight excluding hydrogens is 496 g/mol. The predicted molar refractivity (Wildman–Crippen MR) is 145 cm³/mol. The number of methoxy groups -OCH3 is 2. The van der Waals surface area contributed by atoms with E-state index in [1.807, 2.05) is 48.5 Å². The summed E-state index contributed by atoms with van der Waals surface area (Å²) in [7, 11) is 3.00. The first-order valence-electron chi connectivity index (χ1n) is 12.5. The summed E-state index contributed by atoms with van der Waals surface area (Å²) in [5.74, 6) is 1.75. The number of aliphatic hydroxyl groups excluding tert-OH is 1. The average molecular weight is 523 g/mol. The molecule has 2 aliphatic heterocycles. The van der Waals surface area contributed by atoms with E-state index in [9.17, 15) is 15.0 Å². The SMILES string of the molecule is COC1=CC(=O)C(O)=C/C1=C1/C=C(c2ccccc2)c2cc3c(cc2O1)OCC(c1ccc(OC)c(O)c1)C3. The fourth-order valence-corrected chi connectivity index (χ4v) is 5.14. The van der Waals surface area contributed by atoms with Crippen molar-refractivity contribution in [1.29, 1.82) is 0 Å². The molecule has 2 heterocycles. The molecule has 39 heavy (non-hydrogen) atoms. The number of benzene rings is 3. The number of hydrogen-bond acceptors (Lipinski definition) is 7. The molecule has 3 aromatic carbocycles. The predicted octanol–water partition coefficient (Wildman–Crippen LogP) is 5.75. The molecule has 3 aliphatic rings. The summed E-state index contributed by atoms with van der Waals surface area (Å²) in [6, 6.07) is 19.4. The molecule has 196 valence electrons. The Bertz CT molecular complexity index is 1610. The number of hydrogen-bond donors (Lipinski definition) is 2. The maximum Gasteiger partial charge on any atom is 0.223 e. The molecule has 0 fully saturated rings. The maximum absolute atomic E-state index is 12.0. The fraction of sp³-hybridized carbons (Fsp3) is 0.156. The summed E-state index contributed by atoms with van der Waals surface area (Å²) in [5, 5.41) is 20.4. The van der Waals surface area contributed by atoms with Crippen molar-refractivity contribution in [2.45, 2.75) is 12.3 Å². The topological polar surface area (TPSA) is 94.5 Å². The zero-order valence-corrected chi connectivity index (χ0v) is 21.4. The van der Waals surface area contributed by atoms with Crippen LogP contribution in [0.15, 0.2) is 102 Å². The normalized spacial score (nSPS) is 19.9. The number of ketones is 1. The number of aromatic hydroxyl groups is 1. The zero-order valence-electron chi connectivity index (χ0n) is 21.4. The van der Waals surface area contributed by atoms with Gasteiger partial charge in [-0.1, -0.05) is 36.4 Å². The van der Waals surface area contributed by atoms with Gasteiger partial charge in [0.2, 0.25) is 5.78 Å². The number of phenolic OH excluding ortho intramolecular Hbond substituents is 1. The lowest BCUT2D eigenvalue weighted by Gasteiger charge is -2.29. The Hall–Kier alpha value is -4.91. The first kappa shape index (κ1) is 24.4. The highest BCUT2D eigenvalue weighted by atomic mass is 16.5. The Morgan fingerprint density at radius 1 is 0.897 bits per heavy atom. The van der Waals surface area contributed by atoms with Gasteiger partial charge in [-0.25, -0.2) is 0 Å². The molecule has 0 saturated carbocycles. The third-order valence-corrected chi connectivity index (χ3v) is 7.16. The van der Waals surface area contributed by atoms with E-state index in [1.165, 1.54) is 26.4 Å². The molecule has 1 unspecified atom stereocenters. The second-order valence-corrected chi connectivity index (χ2v) is 9.51. The Morgan fingerprint density at radius 2 is 1.72 bits per heavy atom. The first-order valence-corrected chi connectivity index (χ1v) is 12.5. The van der Waals surface area contributed by atoms with E-state index < -0.39 is 5.78 Å². The Balaban J connectivity index is 1.44. The van der Waals surface area contributed by atoms with Crippen LogP contribution in [0.3, 0.4) is 0 Å². The van der Waals surface area contributed by atoms with Crippen molar-refractivity contribution >= 4 is 11.4 Å². The lowest BCUT2D eigenvalue weighted by atomic mass is 9.86. The van der Waals surface area contributed by atoms with Crippen LogP contribution in [0.1, 0.15) is 28.2 Å². The molecule has 0 saturated heterocycles. The van der Waals surface area contributed by atoms with Crippen LogP contribution in [0.4, 0.5) is 0 Å². The second-order valence-electron chi connectivity index (χ2n) is 9.51. The average Bonchev–Trinajstić information content (AvgIpc) is 2.96. The van der Waals surface area contributed by atoms with E-state index in [0.29, 0.717) is 35.2 Å². The minimum Gasteiger partial charge on any atom is -0.504 e. The minimum atomic E-state index is -0.526. The van der Waals surface area contributed by atoms with Crippen LogP contribution in [0.25, 0.3) is 5.57 Å². The van der Waals surface area contributed by atoms with Gasteiger partial charge in [0.1, 0.15) is 23.0 Å². The van der Waals surface area contributed by atoms with Crippen LogP contribution in [0.5, 0.6) is 23.0 Å². The van der Waals surface area contributed by atoms with Gasteiger partial charge in [0.15, 0.2) is 17.3 Å². The summed E-state index contributed by atoms with van der Waals surface area (Å²) in [6.45, 7) is 0.447. The zero-order chi connectivity index (χ0) is 27.1. The highest BCUT2D eigenvalue weighted by Gasteiger charge is 2.29. The van der Waals surface area contributed by atoms with Gasteiger partial charge in [-0.2, -0.15) is 0 Å². The molecule has 1 aliphatic carbocycles. The fourth-order valence-electron chi connectivity index (χ4n) is 5.14. The number of aliphatic hydroxyl groups is 1. The molecule has 0 amide bonds. The van der Waals surface area contributed by atoms with Gasteiger partial charge < -0.3 is 29.2 Å². The van der Waals surface area contributed by atoms with Crippen molar-refractivity contribution in [2.75, 3.05) is 20.8 Å². The number of fused-ring (bicyclic) bond motifs is 2. The van der Waals surface area contributed by atoms with Gasteiger partial charge in [0, 0.05) is 23.6 Å². The molecule has 0 bridgehead atoms. The highest BCUT2D eigenvalue weighted by Crippen LogP contribution is 2.45. The lowest BCUT2D eigenvalue weighted by molar-refractivity contribution is -0.113. The summed E-state index contributed by atoms with van der Waals surface area (Å²) in [5.41, 5.74) is 5.26. The Morgan fingerprint density at radius 3 is 2.46 bits per heavy atom. The van der Waals surface area contributed by atoms with Crippen molar-refractivity contribution in [1.82, 2.24) is 0 Å². The molecule has 3 aromatic rings. The minimum absolute atomic E-state index is 0.0565. The maximum atomic E-state index is 12.0. The molecule has 7 heteroatoms. The molecule has 1 atom stereocenters. The summed E-state index contributed by atoms with van der Waals surface area (Å²) < 4.78 is 23.2. The number of ether oxygens (including phenoxy) is 4. The van der Waals surface area contributed by atoms with E-state index >= 15 is 0 Å². The third-order valence-electron chi connectivity index (χ3n) is 7.16. The highest BCUT2D eigenvalue weighted by molar-refractivity contribution is 6.05. The van der Waals surface area contributed by atoms with Gasteiger partial charge in [0.25, 0.3) is 0 Å². The van der Waals surface area contributed by atoms with Crippen LogP contribution in [-0.4, -0.2) is 36.8 Å². The molecule has 6 rings (SSSR count). The van der Waals surface area contributed by atoms with Crippen LogP contribution in [0, 0.1) is 0 Å². The van der Waals surface area contributed by atoms with Crippen molar-refractivity contribution in [3.05, 3.63) is 124 Å². The van der Waals surface area contributed by atoms with E-state index in [2.05, 4.69) is 6.07 Å². The van der Waals surface area contributed by atoms with Gasteiger partial charge in [-0.05, 0) is 59.0 Å². The van der Waals surface area contributed by atoms with Crippen LogP contribution >= 0.6 is 0 Å². The quantitative estimate of drug-likeness (QED) is 0.450. The Labute approximate surface area is 225 Å². The standard InChI is InChI=1S/C32H26O7/c1-36-28-9-8-19(12-27(28)35)21-10-20-11-23-22(18-6-4-3-5-7-18)14-31(39-32(23)16-29(20)38-17-21)24-13-25(33)26(34)15-30(24)37-2/h3-9,11-16,21,33,35H,10,17H2,1-2H3/b31-24+. The second kappa shape index (κ2) is 9.76. The Kier molecular flexibility index (Phi) is 6.11. The molecule has 2 N–H and O–H groups in total. The summed E-state index contributed by atoms with van der Waals surface area (Å²) >= 11 is 0. The van der Waals surface area contributed by atoms with Gasteiger partial charge in [-0.3, -0.25) is 4.79 Å². The van der Waals surface area contributed by atoms with Gasteiger partial charge in [0.05, 0.1) is 26.4 Å². The molecule has 0 radical (unpaired) electrons. The molecule has 0 aromatic heterocycles. The number of phenols is 1. The van der Waals surface area contributed by atoms with Gasteiger partial charge in [-0.15, -0.1) is 0 Å². The van der Waals surface area contributed by atoms with Crippen molar-refractivity contribution in [3.8, 4) is 23.0 Å². The third kappa shape index (κ3) is 4.42. The van der Waals surface area contributed by atoms with E-state index in [0.717, 1.165) is 40.0 Å². The summed E-state index contributed by atoms with van der Waals surface area (Å²) in [6.07, 6.45) is 5.23. The van der Waals surface area contributed by atoms with Crippen LogP contribution in [0.2, 0.25) is 0 Å². The monoisotopic (exact) mass is 522 g/mol. The van der Waals surface area contributed by atoms with E-state index in [-0.39, 0.29) is 17.4 Å². The lowest BCUT2D eigenvalue weighted by Crippen LogP contribution is -2.20. The van der Waals surface area contributed by atoms with Crippen LogP contribution < -0.4 is 14.2 Å². The van der Waals surface area contributed by atoms with E-state index in [4.69, 9.17) is 18.9 Å². The van der Waals surface area contributed by atoms with Crippen molar-refractivity contribution in [2.24, 2.45) is 0 Å². The molecule has 0 spiro atoms. The van der Waals surface area contributed by atoms with Gasteiger partial charge >= 0.3 is 0 Å². The molecular formula is C32H26O7.